The number of sulfone groups is 1. The number of alkyl carbamates (subject to hydrolysis) is 1. The number of carbonyl (C=O) groups excluding carboxylic acids is 4. The van der Waals surface area contributed by atoms with Crippen molar-refractivity contribution < 1.29 is 40.8 Å². The van der Waals surface area contributed by atoms with Crippen LogP contribution >= 0.6 is 0 Å². The number of amides is 4. The monoisotopic (exact) mass is 810 g/mol. The van der Waals surface area contributed by atoms with Gasteiger partial charge in [0.05, 0.1) is 11.0 Å². The van der Waals surface area contributed by atoms with Gasteiger partial charge in [-0.15, -0.1) is 0 Å². The van der Waals surface area contributed by atoms with E-state index in [0.717, 1.165) is 17.5 Å². The van der Waals surface area contributed by atoms with Crippen LogP contribution in [0, 0.1) is 5.92 Å². The summed E-state index contributed by atoms with van der Waals surface area (Å²) in [5.41, 5.74) is -0.311. The Morgan fingerprint density at radius 3 is 2.23 bits per heavy atom. The molecule has 0 bridgehead atoms. The number of carbonyl (C=O) groups is 4. The Hall–Kier alpha value is -4.24. The minimum Gasteiger partial charge on any atom is -0.444 e. The summed E-state index contributed by atoms with van der Waals surface area (Å²) in [6.45, 7) is 6.45. The molecule has 2 aromatic rings. The highest BCUT2D eigenvalue weighted by molar-refractivity contribution is 7.92. The van der Waals surface area contributed by atoms with Gasteiger partial charge in [0, 0.05) is 18.9 Å². The average molecular weight is 811 g/mol. The van der Waals surface area contributed by atoms with Crippen molar-refractivity contribution in [3.05, 3.63) is 72.3 Å². The summed E-state index contributed by atoms with van der Waals surface area (Å²) in [7, 11) is -8.03. The third-order valence-electron chi connectivity index (χ3n) is 11.2. The molecule has 2 aliphatic carbocycles. The Kier molecular flexibility index (Phi) is 11.8. The molecule has 13 nitrogen and oxygen atoms in total. The van der Waals surface area contributed by atoms with E-state index in [1.807, 2.05) is 54.6 Å². The van der Waals surface area contributed by atoms with Crippen LogP contribution in [0.15, 0.2) is 66.7 Å². The normalized spacial score (nSPS) is 28.1. The van der Waals surface area contributed by atoms with Crippen molar-refractivity contribution in [1.82, 2.24) is 20.3 Å². The number of allylic oxidation sites excluding steroid dienone is 1. The molecule has 0 spiro atoms. The summed E-state index contributed by atoms with van der Waals surface area (Å²) in [4.78, 5) is 57.8. The zero-order valence-electron chi connectivity index (χ0n) is 32.6. The van der Waals surface area contributed by atoms with Crippen molar-refractivity contribution in [3.63, 3.8) is 0 Å². The maximum absolute atomic E-state index is 14.8. The predicted molar refractivity (Wildman–Crippen MR) is 212 cm³/mol. The van der Waals surface area contributed by atoms with Crippen molar-refractivity contribution in [3.8, 4) is 11.1 Å². The fourth-order valence-electron chi connectivity index (χ4n) is 7.94. The van der Waals surface area contributed by atoms with Crippen molar-refractivity contribution in [1.29, 1.82) is 0 Å². The number of benzene rings is 2. The topological polar surface area (TPSA) is 185 Å². The zero-order valence-corrected chi connectivity index (χ0v) is 34.2. The van der Waals surface area contributed by atoms with Crippen LogP contribution in [-0.4, -0.2) is 86.3 Å². The Morgan fingerprint density at radius 1 is 0.911 bits per heavy atom. The molecule has 15 heteroatoms. The quantitative estimate of drug-likeness (QED) is 0.298. The molecule has 2 aliphatic heterocycles. The lowest BCUT2D eigenvalue weighted by molar-refractivity contribution is -0.141. The van der Waals surface area contributed by atoms with E-state index >= 15 is 0 Å². The molecule has 5 atom stereocenters. The molecule has 3 N–H and O–H groups in total. The minimum atomic E-state index is -4.06. The molecule has 2 heterocycles. The third-order valence-corrected chi connectivity index (χ3v) is 15.7. The highest BCUT2D eigenvalue weighted by Gasteiger charge is 2.64. The first kappa shape index (κ1) is 41.4. The summed E-state index contributed by atoms with van der Waals surface area (Å²) in [6, 6.07) is 14.1. The van der Waals surface area contributed by atoms with Gasteiger partial charge in [-0.2, -0.15) is 0 Å². The van der Waals surface area contributed by atoms with Gasteiger partial charge in [-0.25, -0.2) is 21.6 Å². The first-order valence-corrected chi connectivity index (χ1v) is 22.8. The van der Waals surface area contributed by atoms with Gasteiger partial charge in [-0.1, -0.05) is 86.5 Å². The summed E-state index contributed by atoms with van der Waals surface area (Å²) in [5.74, 6) is -3.04. The van der Waals surface area contributed by atoms with E-state index in [9.17, 15) is 36.0 Å². The maximum atomic E-state index is 14.8. The van der Waals surface area contributed by atoms with Gasteiger partial charge in [0.15, 0.2) is 9.84 Å². The molecule has 4 aliphatic rings. The van der Waals surface area contributed by atoms with Crippen LogP contribution in [0.1, 0.15) is 97.5 Å². The number of nitrogens with zero attached hydrogens (tertiary/aromatic N) is 1. The van der Waals surface area contributed by atoms with Crippen LogP contribution in [0.2, 0.25) is 0 Å². The number of nitrogens with one attached hydrogen (secondary N) is 3. The van der Waals surface area contributed by atoms with Gasteiger partial charge in [0.2, 0.25) is 21.8 Å². The number of hydrogen-bond acceptors (Lipinski definition) is 9. The summed E-state index contributed by atoms with van der Waals surface area (Å²) >= 11 is 0. The lowest BCUT2D eigenvalue weighted by atomic mass is 9.93. The van der Waals surface area contributed by atoms with E-state index < -0.39 is 82.8 Å². The molecule has 304 valence electrons. The van der Waals surface area contributed by atoms with E-state index in [4.69, 9.17) is 4.74 Å². The Balaban J connectivity index is 1.43. The Labute approximate surface area is 330 Å². The molecular formula is C41H54N4O9S2. The fourth-order valence-corrected chi connectivity index (χ4v) is 11.5. The second-order valence-corrected chi connectivity index (χ2v) is 21.0. The Morgan fingerprint density at radius 2 is 1.59 bits per heavy atom. The van der Waals surface area contributed by atoms with E-state index in [0.29, 0.717) is 37.7 Å². The van der Waals surface area contributed by atoms with Gasteiger partial charge >= 0.3 is 6.09 Å². The molecular weight excluding hydrogens is 757 g/mol. The van der Waals surface area contributed by atoms with Gasteiger partial charge in [-0.3, -0.25) is 19.1 Å². The highest BCUT2D eigenvalue weighted by Crippen LogP contribution is 2.48. The van der Waals surface area contributed by atoms with E-state index in [1.54, 1.807) is 39.8 Å². The van der Waals surface area contributed by atoms with E-state index in [-0.39, 0.29) is 38.0 Å². The molecule has 0 aromatic heterocycles. The SMILES string of the molecule is CCCS(=O)(=O)[C@@]1(c2ccc(-c3ccccc3)cc2)C[C@H]2C(=O)N[C@]3(C(=O)NS(=O)(=O)C4CC4)C[C@H]3/C=C\CCCCC[C@H](NC(=O)OC(C)(C)C)C(=O)N2C1. The first-order chi connectivity index (χ1) is 26.4. The molecule has 2 saturated carbocycles. The summed E-state index contributed by atoms with van der Waals surface area (Å²) in [5, 5.41) is 4.86. The standard InChI is InChI=1S/C41H54N4O9S2/c1-5-24-55(50,51)40(30-20-18-29(19-21-30)28-14-10-9-11-15-28)26-34-35(46)43-41(37(48)44-56(52,53)32-22-23-32)25-31(41)16-12-7-6-8-13-17-33(36(47)45(34)27-40)42-38(49)54-39(2,3)4/h9-12,14-16,18-21,31-34H,5-8,13,17,22-27H2,1-4H3,(H,42,49)(H,43,46)(H,44,48)/b16-12-/t31-,33+,34+,40+,41-/m1/s1. The smallest absolute Gasteiger partial charge is 0.408 e. The van der Waals surface area contributed by atoms with E-state index in [1.165, 1.54) is 4.90 Å². The fraction of sp³-hybridized carbons (Fsp3) is 0.561. The van der Waals surface area contributed by atoms with Crippen LogP contribution in [-0.2, 0) is 43.7 Å². The van der Waals surface area contributed by atoms with Gasteiger partial charge in [0.25, 0.3) is 5.91 Å². The Bertz CT molecular complexity index is 2060. The number of fused-ring (bicyclic) bond motifs is 2. The van der Waals surface area contributed by atoms with Crippen LogP contribution in [0.5, 0.6) is 0 Å². The molecule has 1 saturated heterocycles. The molecule has 4 amide bonds. The maximum Gasteiger partial charge on any atom is 0.408 e. The van der Waals surface area contributed by atoms with Gasteiger partial charge < -0.3 is 20.3 Å². The average Bonchev–Trinajstić information content (AvgIpc) is 4.06. The van der Waals surface area contributed by atoms with Crippen LogP contribution in [0.25, 0.3) is 11.1 Å². The van der Waals surface area contributed by atoms with Crippen molar-refractivity contribution in [2.45, 2.75) is 125 Å². The number of sulfonamides is 1. The molecule has 56 heavy (non-hydrogen) atoms. The second-order valence-electron chi connectivity index (χ2n) is 16.7. The van der Waals surface area contributed by atoms with Crippen molar-refractivity contribution in [2.75, 3.05) is 12.3 Å². The van der Waals surface area contributed by atoms with E-state index in [2.05, 4.69) is 15.4 Å². The largest absolute Gasteiger partial charge is 0.444 e. The van der Waals surface area contributed by atoms with Crippen LogP contribution < -0.4 is 15.4 Å². The molecule has 6 rings (SSSR count). The molecule has 3 fully saturated rings. The highest BCUT2D eigenvalue weighted by atomic mass is 32.2. The molecule has 0 radical (unpaired) electrons. The van der Waals surface area contributed by atoms with Gasteiger partial charge in [-0.05, 0) is 82.4 Å². The number of ether oxygens (including phenoxy) is 1. The first-order valence-electron chi connectivity index (χ1n) is 19.6. The van der Waals surface area contributed by atoms with Crippen LogP contribution in [0.4, 0.5) is 4.79 Å². The molecule has 0 unspecified atom stereocenters. The zero-order chi connectivity index (χ0) is 40.5. The summed E-state index contributed by atoms with van der Waals surface area (Å²) in [6.07, 6.45) is 6.69. The van der Waals surface area contributed by atoms with Crippen LogP contribution in [0.3, 0.4) is 0 Å². The second kappa shape index (κ2) is 16.0. The predicted octanol–water partition coefficient (Wildman–Crippen LogP) is 4.87. The minimum absolute atomic E-state index is 0.130. The number of hydrogen-bond donors (Lipinski definition) is 3. The third kappa shape index (κ3) is 8.83. The van der Waals surface area contributed by atoms with Crippen molar-refractivity contribution >= 4 is 43.7 Å². The van der Waals surface area contributed by atoms with Gasteiger partial charge in [0.1, 0.15) is 28.0 Å². The lowest BCUT2D eigenvalue weighted by Gasteiger charge is -2.32. The molecule has 2 aromatic carbocycles. The van der Waals surface area contributed by atoms with Crippen molar-refractivity contribution in [2.24, 2.45) is 5.92 Å². The lowest BCUT2D eigenvalue weighted by Crippen LogP contribution is -2.58. The number of rotatable bonds is 9. The summed E-state index contributed by atoms with van der Waals surface area (Å²) < 4.78 is 61.0.